The Hall–Kier alpha value is -3.17. The van der Waals surface area contributed by atoms with Gasteiger partial charge < -0.3 is 72.9 Å². The van der Waals surface area contributed by atoms with Crippen molar-refractivity contribution in [1.82, 2.24) is 10.2 Å². The van der Waals surface area contributed by atoms with Gasteiger partial charge in [0.1, 0.15) is 29.2 Å². The van der Waals surface area contributed by atoms with Gasteiger partial charge in [-0.3, -0.25) is 9.59 Å². The summed E-state index contributed by atoms with van der Waals surface area (Å²) < 4.78 is 61.9. The number of aliphatic hydroxyl groups is 3. The molecule has 0 aromatic heterocycles. The van der Waals surface area contributed by atoms with Crippen LogP contribution in [0.1, 0.15) is 100 Å². The summed E-state index contributed by atoms with van der Waals surface area (Å²) in [5.74, 6) is -3.41. The zero-order valence-electron chi connectivity index (χ0n) is 41.4. The van der Waals surface area contributed by atoms with Crippen LogP contribution >= 0.6 is 0 Å². The number of hydrogen-bond acceptors (Lipinski definition) is 17. The maximum Gasteiger partial charge on any atom is 0.407 e. The number of carbonyl (C=O) groups excluding carboxylic acids is 3. The second kappa shape index (κ2) is 22.1. The minimum atomic E-state index is -2.01. The molecule has 3 fully saturated rings. The number of esters is 1. The molecule has 4 aliphatic heterocycles. The van der Waals surface area contributed by atoms with Gasteiger partial charge in [0.25, 0.3) is 0 Å². The number of hydrogen-bond donors (Lipinski definition) is 4. The standard InChI is InChI=1S/C48H78N2O16/c1-15-35-48(10,56)40(53)27(4)37(51)25(2)22-46(8,57-13)41(65-44-38(52)32(50(11)12)20-26(3)61-44)28(5)39(29(6)43(54)63-35)64-36-23-47(9,58-14)42(30(7)62-36)66-45(55)49-19-18-31-16-17-33-34(21-31)60-24-59-33/h16-17,21,25-30,32,35-36,38-42,44,52-53,56H,15,18-20,22-24H2,1-14H3,(H,49,55)/t25-,26-,27+,28+,29-,30+,32+,35-,36+,38-,39+,40-,41-,42+,44+,46+,47-,48-/m1/s1. The Morgan fingerprint density at radius 2 is 1.55 bits per heavy atom. The summed E-state index contributed by atoms with van der Waals surface area (Å²) in [6, 6.07) is 5.29. The van der Waals surface area contributed by atoms with Crippen LogP contribution < -0.4 is 14.8 Å². The molecule has 3 saturated heterocycles. The SMILES string of the molecule is CC[C@H]1OC(=O)[C@H](C)[C@@H](O[C@H]2C[C@@](C)(OC)[C@@H](OC(=O)NCCc3ccc4c(c3)OCO4)[C@H](C)O2)[C@H](C)[C@@H](O[C@@H]2O[C@H](C)C[C@H](N(C)C)[C@H]2O)[C@@](C)(OC)C[C@@H](C)C(=O)[C@H](C)[C@@H](O)[C@]1(C)O. The van der Waals surface area contributed by atoms with E-state index in [2.05, 4.69) is 5.32 Å². The first-order valence-electron chi connectivity index (χ1n) is 23.4. The first-order chi connectivity index (χ1) is 30.9. The third-order valence-electron chi connectivity index (χ3n) is 14.6. The lowest BCUT2D eigenvalue weighted by Crippen LogP contribution is -2.62. The van der Waals surface area contributed by atoms with Crippen LogP contribution in [-0.4, -0.2) is 164 Å². The van der Waals surface area contributed by atoms with Crippen LogP contribution in [-0.2, 0) is 53.9 Å². The van der Waals surface area contributed by atoms with Crippen molar-refractivity contribution in [2.24, 2.45) is 23.7 Å². The molecule has 0 spiro atoms. The van der Waals surface area contributed by atoms with E-state index in [0.29, 0.717) is 24.3 Å². The highest BCUT2D eigenvalue weighted by Gasteiger charge is 2.55. The Balaban J connectivity index is 1.47. The molecule has 4 N–H and O–H groups in total. The van der Waals surface area contributed by atoms with Crippen molar-refractivity contribution in [1.29, 1.82) is 0 Å². The van der Waals surface area contributed by atoms with Crippen LogP contribution in [0.3, 0.4) is 0 Å². The van der Waals surface area contributed by atoms with Gasteiger partial charge in [-0.1, -0.05) is 33.8 Å². The molecule has 18 nitrogen and oxygen atoms in total. The quantitative estimate of drug-likeness (QED) is 0.216. The van der Waals surface area contributed by atoms with E-state index in [0.717, 1.165) is 5.56 Å². The lowest BCUT2D eigenvalue weighted by Gasteiger charge is -2.50. The van der Waals surface area contributed by atoms with Crippen LogP contribution in [0.2, 0.25) is 0 Å². The first kappa shape index (κ1) is 53.8. The van der Waals surface area contributed by atoms with Crippen molar-refractivity contribution >= 4 is 17.8 Å². The second-order valence-electron chi connectivity index (χ2n) is 19.9. The summed E-state index contributed by atoms with van der Waals surface area (Å²) in [5.41, 5.74) is -3.52. The number of ketones is 1. The minimum Gasteiger partial charge on any atom is -0.459 e. The van der Waals surface area contributed by atoms with E-state index < -0.39 is 108 Å². The number of carbonyl (C=O) groups is 3. The highest BCUT2D eigenvalue weighted by atomic mass is 16.7. The summed E-state index contributed by atoms with van der Waals surface area (Å²) in [6.07, 6.45) is -9.52. The average Bonchev–Trinajstić information content (AvgIpc) is 3.75. The molecule has 0 radical (unpaired) electrons. The van der Waals surface area contributed by atoms with Crippen LogP contribution in [0.4, 0.5) is 4.79 Å². The van der Waals surface area contributed by atoms with Gasteiger partial charge in [0, 0.05) is 51.0 Å². The average molecular weight is 939 g/mol. The number of nitrogens with zero attached hydrogens (tertiary/aromatic N) is 1. The van der Waals surface area contributed by atoms with Crippen molar-refractivity contribution in [3.63, 3.8) is 0 Å². The maximum absolute atomic E-state index is 14.5. The zero-order chi connectivity index (χ0) is 49.1. The van der Waals surface area contributed by atoms with E-state index in [1.807, 2.05) is 51.0 Å². The molecule has 4 heterocycles. The molecular weight excluding hydrogens is 861 g/mol. The zero-order valence-corrected chi connectivity index (χ0v) is 41.4. The maximum atomic E-state index is 14.5. The Kier molecular flexibility index (Phi) is 18.0. The number of likely N-dealkylation sites (N-methyl/N-ethyl adjacent to an activating group) is 1. The Labute approximate surface area is 390 Å². The summed E-state index contributed by atoms with van der Waals surface area (Å²) in [4.78, 5) is 43.8. The number of rotatable bonds is 12. The smallest absolute Gasteiger partial charge is 0.407 e. The van der Waals surface area contributed by atoms with Crippen molar-refractivity contribution in [3.8, 4) is 11.5 Å². The van der Waals surface area contributed by atoms with Gasteiger partial charge in [-0.25, -0.2) is 4.79 Å². The van der Waals surface area contributed by atoms with E-state index in [1.165, 1.54) is 21.1 Å². The third-order valence-corrected chi connectivity index (χ3v) is 14.6. The van der Waals surface area contributed by atoms with Crippen molar-refractivity contribution < 1.29 is 77.1 Å². The normalized spacial score (nSPS) is 41.5. The van der Waals surface area contributed by atoms with E-state index in [4.69, 9.17) is 47.4 Å². The van der Waals surface area contributed by atoms with Gasteiger partial charge in [0.15, 0.2) is 30.2 Å². The molecule has 1 aromatic carbocycles. The van der Waals surface area contributed by atoms with Crippen molar-refractivity contribution in [2.75, 3.05) is 41.7 Å². The van der Waals surface area contributed by atoms with E-state index >= 15 is 0 Å². The number of aliphatic hydroxyl groups excluding tert-OH is 2. The summed E-state index contributed by atoms with van der Waals surface area (Å²) in [6.45, 7) is 17.5. The summed E-state index contributed by atoms with van der Waals surface area (Å²) in [7, 11) is 6.75. The van der Waals surface area contributed by atoms with Gasteiger partial charge in [0.05, 0.1) is 42.0 Å². The number of amides is 1. The largest absolute Gasteiger partial charge is 0.459 e. The fourth-order valence-electron chi connectivity index (χ4n) is 10.4. The van der Waals surface area contributed by atoms with Crippen LogP contribution in [0.25, 0.3) is 0 Å². The van der Waals surface area contributed by atoms with Crippen molar-refractivity contribution in [2.45, 2.75) is 186 Å². The highest BCUT2D eigenvalue weighted by Crippen LogP contribution is 2.42. The fourth-order valence-corrected chi connectivity index (χ4v) is 10.4. The summed E-state index contributed by atoms with van der Waals surface area (Å²) >= 11 is 0. The number of nitrogens with one attached hydrogen (secondary N) is 1. The van der Waals surface area contributed by atoms with Gasteiger partial charge in [-0.15, -0.1) is 0 Å². The first-order valence-corrected chi connectivity index (χ1v) is 23.4. The molecule has 1 aromatic rings. The molecule has 1 amide bonds. The molecule has 0 aliphatic carbocycles. The van der Waals surface area contributed by atoms with Crippen LogP contribution in [0.5, 0.6) is 11.5 Å². The summed E-state index contributed by atoms with van der Waals surface area (Å²) in [5, 5.41) is 37.9. The molecule has 4 aliphatic rings. The molecule has 66 heavy (non-hydrogen) atoms. The number of methoxy groups -OCH3 is 2. The Morgan fingerprint density at radius 3 is 2.18 bits per heavy atom. The van der Waals surface area contributed by atoms with Gasteiger partial charge >= 0.3 is 12.1 Å². The lowest BCUT2D eigenvalue weighted by molar-refractivity contribution is -0.319. The van der Waals surface area contributed by atoms with Gasteiger partial charge in [-0.2, -0.15) is 0 Å². The van der Waals surface area contributed by atoms with E-state index in [-0.39, 0.29) is 50.5 Å². The molecule has 0 unspecified atom stereocenters. The lowest BCUT2D eigenvalue weighted by atomic mass is 9.74. The van der Waals surface area contributed by atoms with Gasteiger partial charge in [0.2, 0.25) is 6.79 Å². The molecule has 0 saturated carbocycles. The molecule has 18 atom stereocenters. The number of fused-ring (bicyclic) bond motifs is 1. The molecular formula is C48H78N2O16. The predicted molar refractivity (Wildman–Crippen MR) is 240 cm³/mol. The van der Waals surface area contributed by atoms with Gasteiger partial charge in [-0.05, 0) is 99.0 Å². The molecule has 0 bridgehead atoms. The second-order valence-corrected chi connectivity index (χ2v) is 19.9. The monoisotopic (exact) mass is 939 g/mol. The number of alkyl carbamates (subject to hydrolysis) is 1. The Morgan fingerprint density at radius 1 is 0.894 bits per heavy atom. The third kappa shape index (κ3) is 11.8. The van der Waals surface area contributed by atoms with E-state index in [9.17, 15) is 29.7 Å². The molecule has 18 heteroatoms. The number of ether oxygens (including phenoxy) is 10. The fraction of sp³-hybridized carbons (Fsp3) is 0.812. The number of benzene rings is 1. The predicted octanol–water partition coefficient (Wildman–Crippen LogP) is 4.15. The highest BCUT2D eigenvalue weighted by molar-refractivity contribution is 5.83. The topological polar surface area (TPSA) is 219 Å². The Bertz CT molecular complexity index is 1800. The molecule has 5 rings (SSSR count). The number of Topliss-reactive ketones (excluding diaryl/α,β-unsaturated/α-hetero) is 1. The van der Waals surface area contributed by atoms with Crippen molar-refractivity contribution in [3.05, 3.63) is 23.8 Å². The van der Waals surface area contributed by atoms with E-state index in [1.54, 1.807) is 48.5 Å². The minimum absolute atomic E-state index is 0.0510. The number of cyclic esters (lactones) is 1. The molecule has 376 valence electrons. The van der Waals surface area contributed by atoms with Crippen LogP contribution in [0, 0.1) is 23.7 Å². The van der Waals surface area contributed by atoms with Crippen LogP contribution in [0.15, 0.2) is 18.2 Å².